The molecule has 0 aromatic rings. The van der Waals surface area contributed by atoms with E-state index in [2.05, 4.69) is 0 Å². The second-order valence-electron chi connectivity index (χ2n) is 3.84. The van der Waals surface area contributed by atoms with Gasteiger partial charge < -0.3 is 5.11 Å². The Hall–Kier alpha value is -1.30. The van der Waals surface area contributed by atoms with Crippen molar-refractivity contribution in [1.82, 2.24) is 0 Å². The monoisotopic (exact) mass is 179 g/mol. The average molecular weight is 179 g/mol. The molecule has 0 atom stereocenters. The molecule has 0 bridgehead atoms. The van der Waals surface area contributed by atoms with Gasteiger partial charge in [-0.3, -0.25) is 0 Å². The molecule has 0 unspecified atom stereocenters. The van der Waals surface area contributed by atoms with Crippen molar-refractivity contribution >= 4 is 5.97 Å². The summed E-state index contributed by atoms with van der Waals surface area (Å²) < 4.78 is 0. The van der Waals surface area contributed by atoms with Crippen molar-refractivity contribution in [1.29, 1.82) is 5.26 Å². The van der Waals surface area contributed by atoms with Gasteiger partial charge in [0.2, 0.25) is 0 Å². The molecule has 0 aliphatic heterocycles. The molecular formula is C10H13NO2. The van der Waals surface area contributed by atoms with Crippen LogP contribution in [0.1, 0.15) is 32.6 Å². The Balaban J connectivity index is 2.84. The van der Waals surface area contributed by atoms with Gasteiger partial charge in [-0.15, -0.1) is 0 Å². The molecule has 1 N–H and O–H groups in total. The number of hydrogen-bond acceptors (Lipinski definition) is 2. The lowest BCUT2D eigenvalue weighted by atomic mass is 9.87. The summed E-state index contributed by atoms with van der Waals surface area (Å²) in [6, 6.07) is 1.72. The van der Waals surface area contributed by atoms with Crippen LogP contribution in [0.2, 0.25) is 0 Å². The maximum Gasteiger partial charge on any atom is 0.346 e. The average Bonchev–Trinajstić information content (AvgIpc) is 2.48. The molecule has 0 aromatic carbocycles. The molecule has 0 saturated heterocycles. The summed E-state index contributed by atoms with van der Waals surface area (Å²) in [6.07, 6.45) is 5.86. The van der Waals surface area contributed by atoms with Crippen LogP contribution < -0.4 is 0 Å². The lowest BCUT2D eigenvalue weighted by Crippen LogP contribution is -2.10. The minimum atomic E-state index is -1.12. The lowest BCUT2D eigenvalue weighted by molar-refractivity contribution is -0.132. The van der Waals surface area contributed by atoms with Crippen molar-refractivity contribution in [3.8, 4) is 6.07 Å². The van der Waals surface area contributed by atoms with Gasteiger partial charge in [0.15, 0.2) is 0 Å². The highest BCUT2D eigenvalue weighted by Gasteiger charge is 2.27. The molecule has 1 saturated carbocycles. The molecular weight excluding hydrogens is 166 g/mol. The SMILES string of the molecule is CC1(/C=C(/C#N)C(=O)O)CCCC1. The zero-order valence-electron chi connectivity index (χ0n) is 7.71. The van der Waals surface area contributed by atoms with Gasteiger partial charge in [0.05, 0.1) is 0 Å². The van der Waals surface area contributed by atoms with Crippen LogP contribution in [0.15, 0.2) is 11.6 Å². The summed E-state index contributed by atoms with van der Waals surface area (Å²) in [7, 11) is 0. The number of carboxylic acid groups (broad SMARTS) is 1. The predicted molar refractivity (Wildman–Crippen MR) is 47.9 cm³/mol. The molecule has 0 aromatic heterocycles. The molecule has 1 fully saturated rings. The van der Waals surface area contributed by atoms with Crippen molar-refractivity contribution in [3.63, 3.8) is 0 Å². The number of aliphatic carboxylic acids is 1. The van der Waals surface area contributed by atoms with Crippen molar-refractivity contribution in [2.24, 2.45) is 5.41 Å². The molecule has 1 aliphatic rings. The second kappa shape index (κ2) is 3.61. The van der Waals surface area contributed by atoms with Crippen LogP contribution in [0.4, 0.5) is 0 Å². The van der Waals surface area contributed by atoms with E-state index in [0.717, 1.165) is 25.7 Å². The Bertz CT molecular complexity index is 280. The highest BCUT2D eigenvalue weighted by Crippen LogP contribution is 2.39. The van der Waals surface area contributed by atoms with E-state index in [-0.39, 0.29) is 11.0 Å². The van der Waals surface area contributed by atoms with E-state index in [1.807, 2.05) is 6.92 Å². The summed E-state index contributed by atoms with van der Waals surface area (Å²) in [5.41, 5.74) is -0.187. The number of nitriles is 1. The number of carboxylic acids is 1. The fraction of sp³-hybridized carbons (Fsp3) is 0.600. The Morgan fingerprint density at radius 2 is 2.08 bits per heavy atom. The van der Waals surface area contributed by atoms with E-state index in [1.165, 1.54) is 0 Å². The largest absolute Gasteiger partial charge is 0.477 e. The highest BCUT2D eigenvalue weighted by atomic mass is 16.4. The van der Waals surface area contributed by atoms with E-state index < -0.39 is 5.97 Å². The molecule has 3 heteroatoms. The quantitative estimate of drug-likeness (QED) is 0.521. The van der Waals surface area contributed by atoms with E-state index in [0.29, 0.717) is 0 Å². The molecule has 0 spiro atoms. The third-order valence-corrected chi connectivity index (χ3v) is 2.59. The lowest BCUT2D eigenvalue weighted by Gasteiger charge is -2.17. The van der Waals surface area contributed by atoms with Crippen LogP contribution >= 0.6 is 0 Å². The smallest absolute Gasteiger partial charge is 0.346 e. The van der Waals surface area contributed by atoms with Gasteiger partial charge in [0, 0.05) is 0 Å². The summed E-state index contributed by atoms with van der Waals surface area (Å²) in [5.74, 6) is -1.12. The number of nitrogens with zero attached hydrogens (tertiary/aromatic N) is 1. The maximum atomic E-state index is 10.6. The van der Waals surface area contributed by atoms with Gasteiger partial charge in [0.1, 0.15) is 11.6 Å². The van der Waals surface area contributed by atoms with Crippen LogP contribution in [-0.2, 0) is 4.79 Å². The molecule has 1 aliphatic carbocycles. The summed E-state index contributed by atoms with van der Waals surface area (Å²) in [4.78, 5) is 10.6. The van der Waals surface area contributed by atoms with E-state index in [9.17, 15) is 4.79 Å². The number of hydrogen-bond donors (Lipinski definition) is 1. The zero-order chi connectivity index (χ0) is 9.90. The first kappa shape index (κ1) is 9.79. The van der Waals surface area contributed by atoms with Crippen molar-refractivity contribution in [2.75, 3.05) is 0 Å². The van der Waals surface area contributed by atoms with E-state index >= 15 is 0 Å². The minimum absolute atomic E-state index is 0.0660. The summed E-state index contributed by atoms with van der Waals surface area (Å²) in [5, 5.41) is 17.2. The third kappa shape index (κ3) is 2.32. The Morgan fingerprint density at radius 1 is 1.54 bits per heavy atom. The first-order chi connectivity index (χ1) is 6.07. The van der Waals surface area contributed by atoms with Crippen LogP contribution in [0.25, 0.3) is 0 Å². The number of allylic oxidation sites excluding steroid dienone is 1. The zero-order valence-corrected chi connectivity index (χ0v) is 7.71. The normalized spacial score (nSPS) is 21.1. The van der Waals surface area contributed by atoms with Gasteiger partial charge in [0.25, 0.3) is 0 Å². The Morgan fingerprint density at radius 3 is 2.46 bits per heavy atom. The Labute approximate surface area is 77.7 Å². The third-order valence-electron chi connectivity index (χ3n) is 2.59. The predicted octanol–water partition coefficient (Wildman–Crippen LogP) is 2.10. The molecule has 0 amide bonds. The first-order valence-corrected chi connectivity index (χ1v) is 4.44. The van der Waals surface area contributed by atoms with E-state index in [4.69, 9.17) is 10.4 Å². The summed E-state index contributed by atoms with van der Waals surface area (Å²) in [6.45, 7) is 2.01. The number of rotatable bonds is 2. The molecule has 3 nitrogen and oxygen atoms in total. The minimum Gasteiger partial charge on any atom is -0.477 e. The Kier molecular flexibility index (Phi) is 2.72. The van der Waals surface area contributed by atoms with Gasteiger partial charge in [-0.25, -0.2) is 4.79 Å². The molecule has 1 rings (SSSR count). The maximum absolute atomic E-state index is 10.6. The second-order valence-corrected chi connectivity index (χ2v) is 3.84. The fourth-order valence-electron chi connectivity index (χ4n) is 1.82. The van der Waals surface area contributed by atoms with Crippen LogP contribution in [0.5, 0.6) is 0 Å². The van der Waals surface area contributed by atoms with Gasteiger partial charge in [-0.05, 0) is 18.3 Å². The topological polar surface area (TPSA) is 61.1 Å². The number of carbonyl (C=O) groups is 1. The van der Waals surface area contributed by atoms with Crippen molar-refractivity contribution in [2.45, 2.75) is 32.6 Å². The molecule has 0 heterocycles. The van der Waals surface area contributed by atoms with Crippen molar-refractivity contribution in [3.05, 3.63) is 11.6 Å². The van der Waals surface area contributed by atoms with Crippen LogP contribution in [0.3, 0.4) is 0 Å². The van der Waals surface area contributed by atoms with Crippen LogP contribution in [-0.4, -0.2) is 11.1 Å². The van der Waals surface area contributed by atoms with E-state index in [1.54, 1.807) is 12.1 Å². The van der Waals surface area contributed by atoms with Gasteiger partial charge in [-0.1, -0.05) is 25.8 Å². The fourth-order valence-corrected chi connectivity index (χ4v) is 1.82. The molecule has 0 radical (unpaired) electrons. The highest BCUT2D eigenvalue weighted by molar-refractivity contribution is 5.91. The van der Waals surface area contributed by atoms with Crippen LogP contribution in [0, 0.1) is 16.7 Å². The standard InChI is InChI=1S/C10H13NO2/c1-10(4-2-3-5-10)6-8(7-11)9(12)13/h6H,2-5H2,1H3,(H,12,13)/b8-6-. The molecule has 70 valence electrons. The first-order valence-electron chi connectivity index (χ1n) is 4.44. The molecule has 13 heavy (non-hydrogen) atoms. The summed E-state index contributed by atoms with van der Waals surface area (Å²) >= 11 is 0. The van der Waals surface area contributed by atoms with Crippen molar-refractivity contribution < 1.29 is 9.90 Å². The van der Waals surface area contributed by atoms with Gasteiger partial charge >= 0.3 is 5.97 Å². The van der Waals surface area contributed by atoms with Gasteiger partial charge in [-0.2, -0.15) is 5.26 Å².